The van der Waals surface area contributed by atoms with Gasteiger partial charge in [-0.25, -0.2) is 12.8 Å². The lowest BCUT2D eigenvalue weighted by molar-refractivity contribution is -0.139. The molecule has 0 radical (unpaired) electrons. The number of nitrogens with zero attached hydrogens (tertiary/aromatic N) is 2. The molecule has 1 aliphatic rings. The van der Waals surface area contributed by atoms with E-state index in [-0.39, 0.29) is 23.2 Å². The molecule has 11 heteroatoms. The van der Waals surface area contributed by atoms with Crippen LogP contribution in [-0.2, 0) is 26.2 Å². The van der Waals surface area contributed by atoms with Gasteiger partial charge in [-0.05, 0) is 62.7 Å². The predicted octanol–water partition coefficient (Wildman–Crippen LogP) is 3.73. The van der Waals surface area contributed by atoms with E-state index < -0.39 is 40.2 Å². The van der Waals surface area contributed by atoms with Crippen molar-refractivity contribution in [3.63, 3.8) is 0 Å². The first kappa shape index (κ1) is 28.9. The Kier molecular flexibility index (Phi) is 8.93. The van der Waals surface area contributed by atoms with Gasteiger partial charge >= 0.3 is 0 Å². The van der Waals surface area contributed by atoms with Gasteiger partial charge < -0.3 is 19.7 Å². The standard InChI is InChI=1S/C29H32FN3O6S/c1-20(2)31-29(35)21(3)32(18-22-9-11-23(30)12-10-22)28(34)19-33(40(36,37)25-7-5-4-6-8-25)24-13-14-26-27(17-24)39-16-15-38-26/h4-14,17,20-21H,15-16,18-19H2,1-3H3,(H,31,35)/t21-/m1/s1. The van der Waals surface area contributed by atoms with E-state index in [4.69, 9.17) is 9.47 Å². The Morgan fingerprint density at radius 3 is 2.23 bits per heavy atom. The monoisotopic (exact) mass is 569 g/mol. The quantitative estimate of drug-likeness (QED) is 0.399. The molecule has 0 saturated heterocycles. The maximum Gasteiger partial charge on any atom is 0.264 e. The number of carbonyl (C=O) groups is 2. The molecular formula is C29H32FN3O6S. The summed E-state index contributed by atoms with van der Waals surface area (Å²) in [5.74, 6) is -0.633. The molecule has 0 aromatic heterocycles. The lowest BCUT2D eigenvalue weighted by atomic mass is 10.1. The average Bonchev–Trinajstić information content (AvgIpc) is 2.95. The SMILES string of the molecule is CC(C)NC(=O)[C@@H](C)N(Cc1ccc(F)cc1)C(=O)CN(c1ccc2c(c1)OCCO2)S(=O)(=O)c1ccccc1. The highest BCUT2D eigenvalue weighted by atomic mass is 32.2. The third kappa shape index (κ3) is 6.71. The number of benzene rings is 3. The molecule has 1 N–H and O–H groups in total. The summed E-state index contributed by atoms with van der Waals surface area (Å²) in [5, 5.41) is 2.79. The molecule has 1 atom stereocenters. The highest BCUT2D eigenvalue weighted by molar-refractivity contribution is 7.92. The summed E-state index contributed by atoms with van der Waals surface area (Å²) in [4.78, 5) is 28.1. The number of hydrogen-bond donors (Lipinski definition) is 1. The van der Waals surface area contributed by atoms with Gasteiger partial charge in [0.1, 0.15) is 31.6 Å². The number of rotatable bonds is 10. The molecule has 1 heterocycles. The summed E-state index contributed by atoms with van der Waals surface area (Å²) in [7, 11) is -4.21. The minimum atomic E-state index is -4.21. The van der Waals surface area contributed by atoms with Crippen molar-refractivity contribution in [3.05, 3.63) is 84.2 Å². The van der Waals surface area contributed by atoms with Gasteiger partial charge in [0.15, 0.2) is 11.5 Å². The highest BCUT2D eigenvalue weighted by Gasteiger charge is 2.33. The number of hydrogen-bond acceptors (Lipinski definition) is 6. The molecule has 0 fully saturated rings. The lowest BCUT2D eigenvalue weighted by Crippen LogP contribution is -2.52. The smallest absolute Gasteiger partial charge is 0.264 e. The number of ether oxygens (including phenoxy) is 2. The summed E-state index contributed by atoms with van der Waals surface area (Å²) in [5.41, 5.74) is 0.776. The number of anilines is 1. The molecule has 212 valence electrons. The number of sulfonamides is 1. The lowest BCUT2D eigenvalue weighted by Gasteiger charge is -2.32. The predicted molar refractivity (Wildman–Crippen MR) is 148 cm³/mol. The molecule has 9 nitrogen and oxygen atoms in total. The molecule has 1 aliphatic heterocycles. The van der Waals surface area contributed by atoms with E-state index in [1.165, 1.54) is 47.4 Å². The van der Waals surface area contributed by atoms with Crippen LogP contribution in [0.3, 0.4) is 0 Å². The van der Waals surface area contributed by atoms with E-state index in [1.807, 2.05) is 0 Å². The van der Waals surface area contributed by atoms with Gasteiger partial charge in [-0.1, -0.05) is 30.3 Å². The van der Waals surface area contributed by atoms with E-state index in [9.17, 15) is 22.4 Å². The molecule has 0 spiro atoms. The fourth-order valence-corrected chi connectivity index (χ4v) is 5.64. The van der Waals surface area contributed by atoms with E-state index in [1.54, 1.807) is 51.1 Å². The van der Waals surface area contributed by atoms with E-state index in [0.717, 1.165) is 4.31 Å². The molecule has 0 aliphatic carbocycles. The van der Waals surface area contributed by atoms with Gasteiger partial charge in [0.05, 0.1) is 10.6 Å². The van der Waals surface area contributed by atoms with Gasteiger partial charge in [0, 0.05) is 18.7 Å². The Hall–Kier alpha value is -4.12. The first-order chi connectivity index (χ1) is 19.1. The molecule has 3 aromatic rings. The normalized spacial score (nSPS) is 13.4. The summed E-state index contributed by atoms with van der Waals surface area (Å²) in [6.07, 6.45) is 0. The number of fused-ring (bicyclic) bond motifs is 1. The van der Waals surface area contributed by atoms with Crippen LogP contribution >= 0.6 is 0 Å². The molecule has 2 amide bonds. The Balaban J connectivity index is 1.73. The Morgan fingerprint density at radius 1 is 0.925 bits per heavy atom. The van der Waals surface area contributed by atoms with Crippen molar-refractivity contribution in [1.82, 2.24) is 10.2 Å². The van der Waals surface area contributed by atoms with Gasteiger partial charge in [-0.3, -0.25) is 13.9 Å². The number of amides is 2. The molecule has 4 rings (SSSR count). The number of halogens is 1. The Labute approximate surface area is 233 Å². The minimum absolute atomic E-state index is 0.00614. The van der Waals surface area contributed by atoms with Gasteiger partial charge in [0.2, 0.25) is 11.8 Å². The molecule has 40 heavy (non-hydrogen) atoms. The third-order valence-corrected chi connectivity index (χ3v) is 8.08. The van der Waals surface area contributed by atoms with E-state index in [2.05, 4.69) is 5.32 Å². The summed E-state index contributed by atoms with van der Waals surface area (Å²) in [6, 6.07) is 16.9. The Bertz CT molecular complexity index is 1450. The van der Waals surface area contributed by atoms with Crippen LogP contribution in [0, 0.1) is 5.82 Å². The van der Waals surface area contributed by atoms with Crippen LogP contribution < -0.4 is 19.1 Å². The van der Waals surface area contributed by atoms with E-state index >= 15 is 0 Å². The first-order valence-corrected chi connectivity index (χ1v) is 14.3. The van der Waals surface area contributed by atoms with Crippen molar-refractivity contribution in [2.45, 2.75) is 44.3 Å². The fraction of sp³-hybridized carbons (Fsp3) is 0.310. The van der Waals surface area contributed by atoms with Crippen LogP contribution in [0.5, 0.6) is 11.5 Å². The molecule has 0 saturated carbocycles. The third-order valence-electron chi connectivity index (χ3n) is 6.29. The second-order valence-corrected chi connectivity index (χ2v) is 11.5. The van der Waals surface area contributed by atoms with Gasteiger partial charge in [-0.15, -0.1) is 0 Å². The minimum Gasteiger partial charge on any atom is -0.486 e. The molecule has 3 aromatic carbocycles. The zero-order valence-corrected chi connectivity index (χ0v) is 23.4. The summed E-state index contributed by atoms with van der Waals surface area (Å²) < 4.78 is 53.5. The number of carbonyl (C=O) groups excluding carboxylic acids is 2. The van der Waals surface area contributed by atoms with Crippen LogP contribution in [-0.4, -0.2) is 57.0 Å². The van der Waals surface area contributed by atoms with Crippen molar-refractivity contribution in [2.24, 2.45) is 0 Å². The second kappa shape index (κ2) is 12.4. The Morgan fingerprint density at radius 2 is 1.57 bits per heavy atom. The average molecular weight is 570 g/mol. The summed E-state index contributed by atoms with van der Waals surface area (Å²) in [6.45, 7) is 5.20. The van der Waals surface area contributed by atoms with Crippen molar-refractivity contribution >= 4 is 27.5 Å². The maximum atomic E-state index is 13.9. The van der Waals surface area contributed by atoms with Crippen molar-refractivity contribution in [2.75, 3.05) is 24.1 Å². The van der Waals surface area contributed by atoms with Crippen molar-refractivity contribution < 1.29 is 31.9 Å². The molecule has 0 bridgehead atoms. The van der Waals surface area contributed by atoms with Crippen LogP contribution in [0.1, 0.15) is 26.3 Å². The molecule has 0 unspecified atom stereocenters. The molecular weight excluding hydrogens is 537 g/mol. The zero-order valence-electron chi connectivity index (χ0n) is 22.5. The summed E-state index contributed by atoms with van der Waals surface area (Å²) >= 11 is 0. The fourth-order valence-electron chi connectivity index (χ4n) is 4.21. The highest BCUT2D eigenvalue weighted by Crippen LogP contribution is 2.36. The zero-order chi connectivity index (χ0) is 28.9. The maximum absolute atomic E-state index is 13.9. The van der Waals surface area contributed by atoms with Crippen LogP contribution in [0.2, 0.25) is 0 Å². The van der Waals surface area contributed by atoms with Crippen LogP contribution in [0.4, 0.5) is 10.1 Å². The topological polar surface area (TPSA) is 105 Å². The van der Waals surface area contributed by atoms with Gasteiger partial charge in [-0.2, -0.15) is 0 Å². The van der Waals surface area contributed by atoms with Crippen molar-refractivity contribution in [1.29, 1.82) is 0 Å². The van der Waals surface area contributed by atoms with Crippen LogP contribution in [0.25, 0.3) is 0 Å². The van der Waals surface area contributed by atoms with Crippen molar-refractivity contribution in [3.8, 4) is 11.5 Å². The second-order valence-electron chi connectivity index (χ2n) is 9.64. The first-order valence-electron chi connectivity index (χ1n) is 12.9. The van der Waals surface area contributed by atoms with Crippen LogP contribution in [0.15, 0.2) is 77.7 Å². The van der Waals surface area contributed by atoms with E-state index in [0.29, 0.717) is 30.3 Å². The van der Waals surface area contributed by atoms with Gasteiger partial charge in [0.25, 0.3) is 10.0 Å². The largest absolute Gasteiger partial charge is 0.486 e. The number of nitrogens with one attached hydrogen (secondary N) is 1.